The van der Waals surface area contributed by atoms with Crippen molar-refractivity contribution < 1.29 is 14.4 Å². The number of aromatic nitrogens is 2. The molecule has 2 aliphatic rings. The normalized spacial score (nSPS) is 18.0. The molecule has 0 saturated heterocycles. The first-order chi connectivity index (χ1) is 25.3. The molecule has 258 valence electrons. The quantitative estimate of drug-likeness (QED) is 0.291. The molecule has 0 saturated carbocycles. The summed E-state index contributed by atoms with van der Waals surface area (Å²) in [6.45, 7) is 7.93. The standard InChI is InChI=1S/C24H20B.C20H26N4O2/c1-5-13-21(14-6-1)25(22-15-7-2-8-16-22,23-17-9-3-10-18-23)24-19-11-4-12-20-24;1-3-17-13-23-7-9-25-11-12-26-10-8-24(14-18(4-1)21-17)16-20-6-2-5-19(15-23)22-20/h1-20H;1-6H,7-16H2/q-1;/p+1. The van der Waals surface area contributed by atoms with Gasteiger partial charge in [0, 0.05) is 19.6 Å². The van der Waals surface area contributed by atoms with Crippen LogP contribution in [0.15, 0.2) is 158 Å². The zero-order chi connectivity index (χ0) is 34.6. The molecular formula is C44H47BN4O2. The number of nitrogens with one attached hydrogen (secondary N) is 1. The predicted octanol–water partition coefficient (Wildman–Crippen LogP) is 3.49. The van der Waals surface area contributed by atoms with E-state index >= 15 is 0 Å². The number of quaternary nitrogens is 1. The lowest BCUT2D eigenvalue weighted by Crippen LogP contribution is -3.10. The summed E-state index contributed by atoms with van der Waals surface area (Å²) in [7, 11) is 0. The van der Waals surface area contributed by atoms with Gasteiger partial charge in [-0.3, -0.25) is 14.9 Å². The largest absolute Gasteiger partial charge is 0.378 e. The fraction of sp³-hybridized carbons (Fsp3) is 0.227. The number of hydrogen-bond acceptors (Lipinski definition) is 5. The van der Waals surface area contributed by atoms with Crippen molar-refractivity contribution in [1.29, 1.82) is 0 Å². The summed E-state index contributed by atoms with van der Waals surface area (Å²) < 4.78 is 11.5. The van der Waals surface area contributed by atoms with Gasteiger partial charge in [-0.25, -0.2) is 0 Å². The molecule has 0 spiro atoms. The minimum atomic E-state index is -1.22. The molecule has 0 radical (unpaired) electrons. The molecule has 7 heteroatoms. The number of nitrogens with zero attached hydrogens (tertiary/aromatic N) is 3. The second-order valence-electron chi connectivity index (χ2n) is 13.5. The Morgan fingerprint density at radius 1 is 0.431 bits per heavy atom. The average Bonchev–Trinajstić information content (AvgIpc) is 3.18. The van der Waals surface area contributed by atoms with Crippen molar-refractivity contribution in [3.05, 3.63) is 181 Å². The van der Waals surface area contributed by atoms with Gasteiger partial charge in [-0.1, -0.05) is 133 Å². The average molecular weight is 675 g/mol. The first-order valence-corrected chi connectivity index (χ1v) is 18.3. The van der Waals surface area contributed by atoms with Gasteiger partial charge < -0.3 is 14.4 Å². The summed E-state index contributed by atoms with van der Waals surface area (Å²) in [6, 6.07) is 56.3. The van der Waals surface area contributed by atoms with Crippen LogP contribution in [0.1, 0.15) is 22.8 Å². The summed E-state index contributed by atoms with van der Waals surface area (Å²) in [5.41, 5.74) is 9.87. The zero-order valence-electron chi connectivity index (χ0n) is 29.3. The van der Waals surface area contributed by atoms with Gasteiger partial charge in [0.2, 0.25) is 0 Å². The molecule has 0 fully saturated rings. The van der Waals surface area contributed by atoms with E-state index in [0.717, 1.165) is 68.7 Å². The predicted molar refractivity (Wildman–Crippen MR) is 208 cm³/mol. The molecule has 6 bridgehead atoms. The van der Waals surface area contributed by atoms with E-state index < -0.39 is 6.15 Å². The van der Waals surface area contributed by atoms with E-state index in [4.69, 9.17) is 19.4 Å². The Balaban J connectivity index is 0.000000159. The highest BCUT2D eigenvalue weighted by Crippen LogP contribution is 2.11. The molecule has 0 unspecified atom stereocenters. The first-order valence-electron chi connectivity index (χ1n) is 18.3. The molecule has 0 amide bonds. The molecule has 6 nitrogen and oxygen atoms in total. The molecule has 4 heterocycles. The van der Waals surface area contributed by atoms with Gasteiger partial charge in [0.25, 0.3) is 0 Å². The van der Waals surface area contributed by atoms with Gasteiger partial charge in [0.15, 0.2) is 0 Å². The molecule has 2 aliphatic heterocycles. The van der Waals surface area contributed by atoms with Crippen molar-refractivity contribution in [3.8, 4) is 0 Å². The van der Waals surface area contributed by atoms with Crippen LogP contribution in [0.25, 0.3) is 0 Å². The van der Waals surface area contributed by atoms with Gasteiger partial charge in [-0.2, -0.15) is 21.9 Å². The highest BCUT2D eigenvalue weighted by atomic mass is 16.5. The van der Waals surface area contributed by atoms with Gasteiger partial charge >= 0.3 is 0 Å². The molecule has 8 rings (SSSR count). The molecule has 0 atom stereocenters. The molecule has 2 aromatic heterocycles. The lowest BCUT2D eigenvalue weighted by molar-refractivity contribution is -0.928. The van der Waals surface area contributed by atoms with Crippen LogP contribution in [-0.2, 0) is 35.7 Å². The maximum Gasteiger partial charge on any atom is 0.120 e. The maximum atomic E-state index is 5.77. The molecule has 51 heavy (non-hydrogen) atoms. The van der Waals surface area contributed by atoms with Crippen LogP contribution < -0.4 is 26.8 Å². The number of hydrogen-bond donors (Lipinski definition) is 1. The van der Waals surface area contributed by atoms with E-state index in [0.29, 0.717) is 19.8 Å². The number of fused-ring (bicyclic) bond motifs is 4. The summed E-state index contributed by atoms with van der Waals surface area (Å²) in [5, 5.41) is 0. The highest BCUT2D eigenvalue weighted by molar-refractivity contribution is 7.19. The second-order valence-corrected chi connectivity index (χ2v) is 13.5. The Morgan fingerprint density at radius 3 is 1.25 bits per heavy atom. The summed E-state index contributed by atoms with van der Waals surface area (Å²) >= 11 is 0. The van der Waals surface area contributed by atoms with E-state index in [1.165, 1.54) is 26.8 Å². The lowest BCUT2D eigenvalue weighted by atomic mass is 9.13. The van der Waals surface area contributed by atoms with Gasteiger partial charge in [0.05, 0.1) is 49.2 Å². The van der Waals surface area contributed by atoms with Gasteiger partial charge in [0.1, 0.15) is 25.8 Å². The fourth-order valence-electron chi connectivity index (χ4n) is 7.71. The monoisotopic (exact) mass is 674 g/mol. The molecule has 4 aromatic carbocycles. The first kappa shape index (κ1) is 34.5. The van der Waals surface area contributed by atoms with Crippen LogP contribution in [0.5, 0.6) is 0 Å². The van der Waals surface area contributed by atoms with E-state index in [2.05, 4.69) is 163 Å². The van der Waals surface area contributed by atoms with Crippen LogP contribution >= 0.6 is 0 Å². The minimum Gasteiger partial charge on any atom is -0.378 e. The van der Waals surface area contributed by atoms with Crippen molar-refractivity contribution in [2.45, 2.75) is 26.2 Å². The zero-order valence-corrected chi connectivity index (χ0v) is 29.3. The third kappa shape index (κ3) is 8.70. The number of benzene rings is 4. The van der Waals surface area contributed by atoms with Crippen LogP contribution in [0.2, 0.25) is 0 Å². The van der Waals surface area contributed by atoms with E-state index in [9.17, 15) is 0 Å². The smallest absolute Gasteiger partial charge is 0.120 e. The van der Waals surface area contributed by atoms with Crippen LogP contribution in [0.4, 0.5) is 0 Å². The van der Waals surface area contributed by atoms with Gasteiger partial charge in [-0.15, -0.1) is 0 Å². The molecule has 1 N–H and O–H groups in total. The van der Waals surface area contributed by atoms with Crippen LogP contribution in [0, 0.1) is 0 Å². The van der Waals surface area contributed by atoms with Crippen molar-refractivity contribution >= 4 is 28.0 Å². The number of rotatable bonds is 4. The third-order valence-corrected chi connectivity index (χ3v) is 10.1. The molecular weight excluding hydrogens is 627 g/mol. The van der Waals surface area contributed by atoms with E-state index in [-0.39, 0.29) is 0 Å². The second kappa shape index (κ2) is 17.3. The number of ether oxygens (including phenoxy) is 2. The Kier molecular flexibility index (Phi) is 11.7. The van der Waals surface area contributed by atoms with Crippen molar-refractivity contribution in [3.63, 3.8) is 0 Å². The van der Waals surface area contributed by atoms with E-state index in [1.807, 2.05) is 0 Å². The SMILES string of the molecule is c1cc2nc(c1)C[NH+]1CCOCCOCCN(C2)Cc2cccc(n2)C1.c1ccc([B-](c2ccccc2)(c2ccccc2)c2ccccc2)cc1. The Labute approximate surface area is 302 Å². The van der Waals surface area contributed by atoms with Crippen LogP contribution in [0.3, 0.4) is 0 Å². The summed E-state index contributed by atoms with van der Waals surface area (Å²) in [5.74, 6) is 0. The topological polar surface area (TPSA) is 51.9 Å². The molecule has 6 aromatic rings. The fourth-order valence-corrected chi connectivity index (χ4v) is 7.71. The lowest BCUT2D eigenvalue weighted by Gasteiger charge is -2.44. The van der Waals surface area contributed by atoms with E-state index in [1.54, 1.807) is 0 Å². The van der Waals surface area contributed by atoms with Crippen molar-refractivity contribution in [2.24, 2.45) is 0 Å². The Bertz CT molecular complexity index is 1660. The van der Waals surface area contributed by atoms with Gasteiger partial charge in [-0.05, 0) is 24.3 Å². The highest BCUT2D eigenvalue weighted by Gasteiger charge is 2.31. The van der Waals surface area contributed by atoms with Crippen molar-refractivity contribution in [2.75, 3.05) is 39.5 Å². The summed E-state index contributed by atoms with van der Waals surface area (Å²) in [4.78, 5) is 13.6. The Hall–Kier alpha value is -4.92. The molecule has 0 aliphatic carbocycles. The number of pyridine rings is 2. The third-order valence-electron chi connectivity index (χ3n) is 10.1. The van der Waals surface area contributed by atoms with Crippen LogP contribution in [-0.4, -0.2) is 60.5 Å². The maximum absolute atomic E-state index is 5.77. The Morgan fingerprint density at radius 2 is 0.824 bits per heavy atom. The minimum absolute atomic E-state index is 0.654. The van der Waals surface area contributed by atoms with Crippen molar-refractivity contribution in [1.82, 2.24) is 14.9 Å². The summed E-state index contributed by atoms with van der Waals surface area (Å²) in [6.07, 6.45) is -1.22.